The highest BCUT2D eigenvalue weighted by atomic mass is 79.9. The third-order valence-corrected chi connectivity index (χ3v) is 4.13. The van der Waals surface area contributed by atoms with Crippen molar-refractivity contribution in [2.45, 2.75) is 13.0 Å². The predicted octanol–water partition coefficient (Wildman–Crippen LogP) is 3.06. The second-order valence-corrected chi connectivity index (χ2v) is 6.31. The number of hydrogen-bond acceptors (Lipinski definition) is 4. The van der Waals surface area contributed by atoms with Gasteiger partial charge in [-0.05, 0) is 36.4 Å². The first-order chi connectivity index (χ1) is 12.1. The molecule has 1 aromatic heterocycles. The van der Waals surface area contributed by atoms with Crippen LogP contribution in [0.25, 0.3) is 10.9 Å². The highest BCUT2D eigenvalue weighted by Gasteiger charge is 2.08. The molecule has 1 N–H and O–H groups in total. The third-order valence-electron chi connectivity index (χ3n) is 3.64. The van der Waals surface area contributed by atoms with Gasteiger partial charge in [0.25, 0.3) is 5.56 Å². The summed E-state index contributed by atoms with van der Waals surface area (Å²) in [6.07, 6.45) is 1.57. The molecule has 0 aliphatic heterocycles. The zero-order valence-electron chi connectivity index (χ0n) is 13.1. The fourth-order valence-corrected chi connectivity index (χ4v) is 2.76. The highest BCUT2D eigenvalue weighted by Crippen LogP contribution is 2.15. The van der Waals surface area contributed by atoms with E-state index in [0.717, 1.165) is 4.47 Å². The largest absolute Gasteiger partial charge is 0.326 e. The van der Waals surface area contributed by atoms with E-state index in [2.05, 4.69) is 26.2 Å². The van der Waals surface area contributed by atoms with Crippen molar-refractivity contribution in [1.29, 1.82) is 5.26 Å². The van der Waals surface area contributed by atoms with E-state index in [1.807, 2.05) is 12.1 Å². The maximum Gasteiger partial charge on any atom is 0.261 e. The molecule has 0 unspecified atom stereocenters. The molecule has 0 aliphatic carbocycles. The van der Waals surface area contributed by atoms with Gasteiger partial charge in [-0.15, -0.1) is 0 Å². The van der Waals surface area contributed by atoms with Crippen LogP contribution in [-0.4, -0.2) is 15.5 Å². The second-order valence-electron chi connectivity index (χ2n) is 5.40. The number of halogens is 1. The first-order valence-corrected chi connectivity index (χ1v) is 8.31. The molecule has 0 saturated heterocycles. The average Bonchev–Trinajstić information content (AvgIpc) is 2.62. The van der Waals surface area contributed by atoms with Crippen molar-refractivity contribution in [3.05, 3.63) is 69.2 Å². The van der Waals surface area contributed by atoms with E-state index in [9.17, 15) is 9.59 Å². The lowest BCUT2D eigenvalue weighted by Gasteiger charge is -2.08. The molecule has 1 heterocycles. The summed E-state index contributed by atoms with van der Waals surface area (Å²) >= 11 is 3.34. The maximum atomic E-state index is 12.5. The van der Waals surface area contributed by atoms with E-state index in [1.54, 1.807) is 36.4 Å². The zero-order chi connectivity index (χ0) is 17.8. The van der Waals surface area contributed by atoms with Crippen molar-refractivity contribution in [1.82, 2.24) is 9.55 Å². The summed E-state index contributed by atoms with van der Waals surface area (Å²) in [6, 6.07) is 14.0. The van der Waals surface area contributed by atoms with E-state index in [1.165, 1.54) is 10.9 Å². The maximum absolute atomic E-state index is 12.5. The van der Waals surface area contributed by atoms with E-state index in [4.69, 9.17) is 5.26 Å². The van der Waals surface area contributed by atoms with Crippen molar-refractivity contribution in [3.63, 3.8) is 0 Å². The Kier molecular flexibility index (Phi) is 4.91. The molecular formula is C18H13BrN4O2. The summed E-state index contributed by atoms with van der Waals surface area (Å²) in [5.74, 6) is -0.240. The number of amides is 1. The molecule has 7 heteroatoms. The number of carbonyl (C=O) groups is 1. The van der Waals surface area contributed by atoms with Crippen molar-refractivity contribution >= 4 is 38.4 Å². The number of nitriles is 1. The first kappa shape index (κ1) is 16.9. The van der Waals surface area contributed by atoms with Gasteiger partial charge in [-0.1, -0.05) is 22.0 Å². The van der Waals surface area contributed by atoms with Gasteiger partial charge in [-0.2, -0.15) is 5.26 Å². The van der Waals surface area contributed by atoms with Gasteiger partial charge in [-0.3, -0.25) is 14.2 Å². The number of aromatic nitrogens is 2. The van der Waals surface area contributed by atoms with Gasteiger partial charge in [0.15, 0.2) is 0 Å². The number of aryl methyl sites for hydroxylation is 1. The number of rotatable bonds is 4. The number of carbonyl (C=O) groups excluding carboxylic acids is 1. The van der Waals surface area contributed by atoms with Gasteiger partial charge in [0.1, 0.15) is 0 Å². The number of nitrogens with zero attached hydrogens (tertiary/aromatic N) is 3. The summed E-state index contributed by atoms with van der Waals surface area (Å²) in [5, 5.41) is 12.1. The number of hydrogen-bond donors (Lipinski definition) is 1. The van der Waals surface area contributed by atoms with Crippen LogP contribution in [-0.2, 0) is 11.3 Å². The Morgan fingerprint density at radius 2 is 2.12 bits per heavy atom. The fraction of sp³-hybridized carbons (Fsp3) is 0.111. The van der Waals surface area contributed by atoms with Crippen LogP contribution in [0.5, 0.6) is 0 Å². The van der Waals surface area contributed by atoms with Crippen LogP contribution in [0.15, 0.2) is 58.1 Å². The van der Waals surface area contributed by atoms with Gasteiger partial charge >= 0.3 is 0 Å². The zero-order valence-corrected chi connectivity index (χ0v) is 14.7. The highest BCUT2D eigenvalue weighted by molar-refractivity contribution is 9.10. The van der Waals surface area contributed by atoms with Crippen molar-refractivity contribution in [3.8, 4) is 6.07 Å². The quantitative estimate of drug-likeness (QED) is 0.733. The lowest BCUT2D eigenvalue weighted by atomic mass is 10.2. The molecule has 124 valence electrons. The van der Waals surface area contributed by atoms with E-state index < -0.39 is 0 Å². The molecule has 0 spiro atoms. The van der Waals surface area contributed by atoms with Crippen LogP contribution < -0.4 is 10.9 Å². The monoisotopic (exact) mass is 396 g/mol. The summed E-state index contributed by atoms with van der Waals surface area (Å²) < 4.78 is 2.21. The van der Waals surface area contributed by atoms with Crippen LogP contribution in [0.1, 0.15) is 12.0 Å². The molecule has 3 aromatic rings. The molecule has 3 rings (SSSR count). The molecule has 2 aromatic carbocycles. The van der Waals surface area contributed by atoms with Gasteiger partial charge in [0.05, 0.1) is 28.9 Å². The van der Waals surface area contributed by atoms with Crippen molar-refractivity contribution in [2.75, 3.05) is 5.32 Å². The van der Waals surface area contributed by atoms with E-state index >= 15 is 0 Å². The summed E-state index contributed by atoms with van der Waals surface area (Å²) in [4.78, 5) is 28.8. The average molecular weight is 397 g/mol. The summed E-state index contributed by atoms with van der Waals surface area (Å²) in [7, 11) is 0. The van der Waals surface area contributed by atoms with Gasteiger partial charge in [0.2, 0.25) is 5.91 Å². The van der Waals surface area contributed by atoms with Crippen LogP contribution in [0.4, 0.5) is 5.69 Å². The molecule has 0 saturated carbocycles. The Balaban J connectivity index is 1.72. The molecule has 0 fully saturated rings. The summed E-state index contributed by atoms with van der Waals surface area (Å²) in [6.45, 7) is 0.220. The molecule has 0 bridgehead atoms. The standard InChI is InChI=1S/C18H13BrN4O2/c19-13-4-5-16-15(9-13)18(25)23(11-21-16)7-6-17(24)22-14-3-1-2-12(8-14)10-20/h1-5,8-9,11H,6-7H2,(H,22,24). The topological polar surface area (TPSA) is 87.8 Å². The molecule has 6 nitrogen and oxygen atoms in total. The van der Waals surface area contributed by atoms with Crippen LogP contribution >= 0.6 is 15.9 Å². The first-order valence-electron chi connectivity index (χ1n) is 7.51. The molecule has 0 atom stereocenters. The normalized spacial score (nSPS) is 10.4. The van der Waals surface area contributed by atoms with Crippen molar-refractivity contribution in [2.24, 2.45) is 0 Å². The van der Waals surface area contributed by atoms with E-state index in [-0.39, 0.29) is 24.4 Å². The third kappa shape index (κ3) is 3.92. The SMILES string of the molecule is N#Cc1cccc(NC(=O)CCn2cnc3ccc(Br)cc3c2=O)c1. The molecule has 1 amide bonds. The lowest BCUT2D eigenvalue weighted by molar-refractivity contribution is -0.116. The Labute approximate surface area is 151 Å². The number of fused-ring (bicyclic) bond motifs is 1. The van der Waals surface area contributed by atoms with Gasteiger partial charge in [-0.25, -0.2) is 4.98 Å². The molecular weight excluding hydrogens is 384 g/mol. The number of anilines is 1. The predicted molar refractivity (Wildman–Crippen MR) is 98.1 cm³/mol. The second kappa shape index (κ2) is 7.28. The molecule has 25 heavy (non-hydrogen) atoms. The number of nitrogens with one attached hydrogen (secondary N) is 1. The Morgan fingerprint density at radius 3 is 2.92 bits per heavy atom. The van der Waals surface area contributed by atoms with Crippen LogP contribution in [0, 0.1) is 11.3 Å². The Morgan fingerprint density at radius 1 is 1.28 bits per heavy atom. The van der Waals surface area contributed by atoms with Gasteiger partial charge < -0.3 is 5.32 Å². The lowest BCUT2D eigenvalue weighted by Crippen LogP contribution is -2.23. The van der Waals surface area contributed by atoms with Crippen molar-refractivity contribution < 1.29 is 4.79 Å². The minimum absolute atomic E-state index is 0.123. The van der Waals surface area contributed by atoms with Gasteiger partial charge in [0, 0.05) is 23.1 Å². The minimum atomic E-state index is -0.240. The van der Waals surface area contributed by atoms with Crippen LogP contribution in [0.3, 0.4) is 0 Å². The minimum Gasteiger partial charge on any atom is -0.326 e. The Hall–Kier alpha value is -2.98. The van der Waals surface area contributed by atoms with Crippen LogP contribution in [0.2, 0.25) is 0 Å². The fourth-order valence-electron chi connectivity index (χ4n) is 2.40. The smallest absolute Gasteiger partial charge is 0.261 e. The van der Waals surface area contributed by atoms with E-state index in [0.29, 0.717) is 22.2 Å². The number of benzene rings is 2. The molecule has 0 radical (unpaired) electrons. The summed E-state index contributed by atoms with van der Waals surface area (Å²) in [5.41, 5.74) is 1.45. The molecule has 0 aliphatic rings. The Bertz CT molecular complexity index is 1050.